The van der Waals surface area contributed by atoms with Crippen LogP contribution in [0.5, 0.6) is 5.75 Å². The molecule has 0 saturated heterocycles. The Balaban J connectivity index is 1.89. The summed E-state index contributed by atoms with van der Waals surface area (Å²) >= 11 is 0. The number of rotatable bonds is 4. The van der Waals surface area contributed by atoms with Crippen LogP contribution in [0.4, 0.5) is 0 Å². The van der Waals surface area contributed by atoms with Crippen LogP contribution >= 0.6 is 0 Å². The molecule has 2 heteroatoms. The molecule has 2 aromatic rings. The van der Waals surface area contributed by atoms with E-state index in [9.17, 15) is 0 Å². The van der Waals surface area contributed by atoms with E-state index in [4.69, 9.17) is 10.5 Å². The lowest BCUT2D eigenvalue weighted by atomic mass is 10.0. The van der Waals surface area contributed by atoms with E-state index in [1.54, 1.807) is 0 Å². The third kappa shape index (κ3) is 2.96. The van der Waals surface area contributed by atoms with Crippen molar-refractivity contribution >= 4 is 0 Å². The van der Waals surface area contributed by atoms with Gasteiger partial charge in [0.05, 0.1) is 6.10 Å². The molecule has 0 aromatic heterocycles. The van der Waals surface area contributed by atoms with Crippen molar-refractivity contribution in [3.05, 3.63) is 54.1 Å². The lowest BCUT2D eigenvalue weighted by Crippen LogP contribution is -2.04. The van der Waals surface area contributed by atoms with Gasteiger partial charge >= 0.3 is 0 Å². The SMILES string of the molecule is CC(N)c1cccc(-c2cccc(OC3CC3)c2)c1. The fourth-order valence-electron chi connectivity index (χ4n) is 2.13. The zero-order valence-electron chi connectivity index (χ0n) is 11.2. The minimum Gasteiger partial charge on any atom is -0.490 e. The predicted molar refractivity (Wildman–Crippen MR) is 78.1 cm³/mol. The lowest BCUT2D eigenvalue weighted by molar-refractivity contribution is 0.303. The van der Waals surface area contributed by atoms with E-state index in [-0.39, 0.29) is 6.04 Å². The maximum atomic E-state index is 5.94. The molecule has 3 rings (SSSR count). The molecule has 1 unspecified atom stereocenters. The summed E-state index contributed by atoms with van der Waals surface area (Å²) in [5, 5.41) is 0. The van der Waals surface area contributed by atoms with Crippen LogP contribution < -0.4 is 10.5 Å². The average Bonchev–Trinajstić information content (AvgIpc) is 3.23. The molecule has 1 saturated carbocycles. The molecule has 2 N–H and O–H groups in total. The third-order valence-corrected chi connectivity index (χ3v) is 3.41. The number of nitrogens with two attached hydrogens (primary N) is 1. The fourth-order valence-corrected chi connectivity index (χ4v) is 2.13. The number of ether oxygens (including phenoxy) is 1. The molecule has 0 heterocycles. The molecule has 0 radical (unpaired) electrons. The molecule has 0 amide bonds. The van der Waals surface area contributed by atoms with Gasteiger partial charge in [-0.2, -0.15) is 0 Å². The first-order chi connectivity index (χ1) is 9.22. The number of hydrogen-bond acceptors (Lipinski definition) is 2. The zero-order chi connectivity index (χ0) is 13.2. The van der Waals surface area contributed by atoms with Crippen LogP contribution in [0.2, 0.25) is 0 Å². The topological polar surface area (TPSA) is 35.2 Å². The second kappa shape index (κ2) is 5.06. The van der Waals surface area contributed by atoms with Gasteiger partial charge in [0.2, 0.25) is 0 Å². The van der Waals surface area contributed by atoms with Gasteiger partial charge in [-0.1, -0.05) is 30.3 Å². The molecule has 1 atom stereocenters. The van der Waals surface area contributed by atoms with Gasteiger partial charge < -0.3 is 10.5 Å². The van der Waals surface area contributed by atoms with Crippen LogP contribution in [0.1, 0.15) is 31.4 Å². The van der Waals surface area contributed by atoms with E-state index in [0.29, 0.717) is 6.10 Å². The molecule has 0 bridgehead atoms. The van der Waals surface area contributed by atoms with Crippen molar-refractivity contribution in [2.24, 2.45) is 5.73 Å². The minimum absolute atomic E-state index is 0.0610. The molecule has 98 valence electrons. The van der Waals surface area contributed by atoms with E-state index in [1.807, 2.05) is 19.1 Å². The van der Waals surface area contributed by atoms with Crippen molar-refractivity contribution in [1.82, 2.24) is 0 Å². The van der Waals surface area contributed by atoms with Crippen molar-refractivity contribution in [3.63, 3.8) is 0 Å². The summed E-state index contributed by atoms with van der Waals surface area (Å²) in [6, 6.07) is 16.7. The fraction of sp³-hybridized carbons (Fsp3) is 0.294. The van der Waals surface area contributed by atoms with Crippen LogP contribution in [0.3, 0.4) is 0 Å². The van der Waals surface area contributed by atoms with Gasteiger partial charge in [0, 0.05) is 6.04 Å². The second-order valence-corrected chi connectivity index (χ2v) is 5.26. The summed E-state index contributed by atoms with van der Waals surface area (Å²) in [7, 11) is 0. The largest absolute Gasteiger partial charge is 0.490 e. The highest BCUT2D eigenvalue weighted by atomic mass is 16.5. The van der Waals surface area contributed by atoms with Crippen LogP contribution in [-0.2, 0) is 0 Å². The van der Waals surface area contributed by atoms with E-state index < -0.39 is 0 Å². The van der Waals surface area contributed by atoms with E-state index in [0.717, 1.165) is 11.3 Å². The zero-order valence-corrected chi connectivity index (χ0v) is 11.2. The average molecular weight is 253 g/mol. The quantitative estimate of drug-likeness (QED) is 0.896. The van der Waals surface area contributed by atoms with Crippen LogP contribution in [0, 0.1) is 0 Å². The summed E-state index contributed by atoms with van der Waals surface area (Å²) in [5.74, 6) is 0.964. The minimum atomic E-state index is 0.0610. The lowest BCUT2D eigenvalue weighted by Gasteiger charge is -2.10. The van der Waals surface area contributed by atoms with Crippen molar-refractivity contribution in [2.45, 2.75) is 31.9 Å². The second-order valence-electron chi connectivity index (χ2n) is 5.26. The Hall–Kier alpha value is -1.80. The highest BCUT2D eigenvalue weighted by molar-refractivity contribution is 5.66. The molecule has 1 fully saturated rings. The third-order valence-electron chi connectivity index (χ3n) is 3.41. The van der Waals surface area contributed by atoms with Crippen molar-refractivity contribution in [2.75, 3.05) is 0 Å². The first-order valence-electron chi connectivity index (χ1n) is 6.85. The number of hydrogen-bond donors (Lipinski definition) is 1. The van der Waals surface area contributed by atoms with Crippen molar-refractivity contribution in [3.8, 4) is 16.9 Å². The van der Waals surface area contributed by atoms with Gasteiger partial charge in [0.15, 0.2) is 0 Å². The molecule has 0 aliphatic heterocycles. The monoisotopic (exact) mass is 253 g/mol. The smallest absolute Gasteiger partial charge is 0.120 e. The molecule has 2 aromatic carbocycles. The Morgan fingerprint density at radius 1 is 1.05 bits per heavy atom. The van der Waals surface area contributed by atoms with Gasteiger partial charge in [-0.15, -0.1) is 0 Å². The van der Waals surface area contributed by atoms with E-state index in [1.165, 1.54) is 24.0 Å². The van der Waals surface area contributed by atoms with Gasteiger partial charge in [-0.3, -0.25) is 0 Å². The highest BCUT2D eigenvalue weighted by Crippen LogP contribution is 2.30. The van der Waals surface area contributed by atoms with Crippen molar-refractivity contribution < 1.29 is 4.74 Å². The molecule has 0 spiro atoms. The molecule has 1 aliphatic carbocycles. The molecule has 1 aliphatic rings. The molecule has 19 heavy (non-hydrogen) atoms. The first-order valence-corrected chi connectivity index (χ1v) is 6.85. The normalized spacial score (nSPS) is 16.1. The van der Waals surface area contributed by atoms with Crippen LogP contribution in [0.25, 0.3) is 11.1 Å². The van der Waals surface area contributed by atoms with Crippen molar-refractivity contribution in [1.29, 1.82) is 0 Å². The van der Waals surface area contributed by atoms with Gasteiger partial charge in [-0.25, -0.2) is 0 Å². The maximum absolute atomic E-state index is 5.94. The molecular weight excluding hydrogens is 234 g/mol. The first kappa shape index (κ1) is 12.2. The Bertz CT molecular complexity index is 573. The van der Waals surface area contributed by atoms with Gasteiger partial charge in [-0.05, 0) is 54.7 Å². The van der Waals surface area contributed by atoms with Crippen LogP contribution in [-0.4, -0.2) is 6.10 Å². The maximum Gasteiger partial charge on any atom is 0.120 e. The van der Waals surface area contributed by atoms with Gasteiger partial charge in [0.25, 0.3) is 0 Å². The standard InChI is InChI=1S/C17H19NO/c1-12(18)13-4-2-5-14(10-13)15-6-3-7-17(11-15)19-16-8-9-16/h2-7,10-12,16H,8-9,18H2,1H3. The van der Waals surface area contributed by atoms with E-state index in [2.05, 4.69) is 36.4 Å². The van der Waals surface area contributed by atoms with E-state index >= 15 is 0 Å². The van der Waals surface area contributed by atoms with Gasteiger partial charge in [0.1, 0.15) is 5.75 Å². The Labute approximate surface area is 114 Å². The molecular formula is C17H19NO. The summed E-state index contributed by atoms with van der Waals surface area (Å²) in [4.78, 5) is 0. The highest BCUT2D eigenvalue weighted by Gasteiger charge is 2.23. The summed E-state index contributed by atoms with van der Waals surface area (Å²) in [6.45, 7) is 2.01. The Morgan fingerprint density at radius 2 is 1.74 bits per heavy atom. The summed E-state index contributed by atoms with van der Waals surface area (Å²) in [6.07, 6.45) is 2.81. The number of benzene rings is 2. The Morgan fingerprint density at radius 3 is 2.42 bits per heavy atom. The Kier molecular flexibility index (Phi) is 3.26. The predicted octanol–water partition coefficient (Wildman–Crippen LogP) is 3.91. The summed E-state index contributed by atoms with van der Waals surface area (Å²) in [5.41, 5.74) is 9.47. The van der Waals surface area contributed by atoms with Crippen LogP contribution in [0.15, 0.2) is 48.5 Å². The summed E-state index contributed by atoms with van der Waals surface area (Å²) < 4.78 is 5.84. The molecule has 2 nitrogen and oxygen atoms in total.